The molecule has 1 saturated heterocycles. The number of anilines is 1. The van der Waals surface area contributed by atoms with Crippen LogP contribution in [-0.2, 0) is 43.9 Å². The van der Waals surface area contributed by atoms with Crippen molar-refractivity contribution in [2.24, 2.45) is 5.92 Å². The summed E-state index contributed by atoms with van der Waals surface area (Å²) >= 11 is 1.44. The lowest BCUT2D eigenvalue weighted by molar-refractivity contribution is -0.135. The number of epoxide rings is 1. The highest BCUT2D eigenvalue weighted by molar-refractivity contribution is 7.87. The molecule has 0 radical (unpaired) electrons. The Balaban J connectivity index is 1.55. The van der Waals surface area contributed by atoms with Crippen LogP contribution in [0.4, 0.5) is 5.69 Å². The number of aryl methyl sites for hydroxylation is 1. The molecule has 0 spiro atoms. The number of hydrogen-bond acceptors (Lipinski definition) is 7. The molecule has 2 heterocycles. The van der Waals surface area contributed by atoms with Crippen LogP contribution in [0.3, 0.4) is 0 Å². The maximum Gasteiger partial charge on any atom is 0.357 e. The summed E-state index contributed by atoms with van der Waals surface area (Å²) in [5.41, 5.74) is 2.81. The zero-order chi connectivity index (χ0) is 25.7. The summed E-state index contributed by atoms with van der Waals surface area (Å²) in [7, 11) is -4.38. The molecule has 4 rings (SSSR count). The maximum atomic E-state index is 13.5. The molecule has 0 aliphatic carbocycles. The van der Waals surface area contributed by atoms with Crippen molar-refractivity contribution in [3.63, 3.8) is 0 Å². The number of amides is 1. The Bertz CT molecular complexity index is 1310. The Morgan fingerprint density at radius 1 is 1.11 bits per heavy atom. The number of rotatable bonds is 12. The van der Waals surface area contributed by atoms with Gasteiger partial charge in [0, 0.05) is 5.38 Å². The van der Waals surface area contributed by atoms with Crippen LogP contribution in [0, 0.1) is 5.92 Å². The number of carbonyl (C=O) groups is 2. The van der Waals surface area contributed by atoms with Crippen molar-refractivity contribution in [1.82, 2.24) is 10.3 Å². The maximum absolute atomic E-state index is 13.5. The van der Waals surface area contributed by atoms with E-state index in [-0.39, 0.29) is 23.8 Å². The van der Waals surface area contributed by atoms with E-state index in [1.165, 1.54) is 23.5 Å². The summed E-state index contributed by atoms with van der Waals surface area (Å²) < 4.78 is 38.3. The fourth-order valence-electron chi connectivity index (χ4n) is 3.82. The number of thiazole rings is 1. The zero-order valence-corrected chi connectivity index (χ0v) is 21.2. The molecule has 1 aromatic heterocycles. The Labute approximate surface area is 213 Å². The van der Waals surface area contributed by atoms with Crippen LogP contribution >= 0.6 is 11.3 Å². The van der Waals surface area contributed by atoms with E-state index < -0.39 is 28.4 Å². The van der Waals surface area contributed by atoms with Gasteiger partial charge in [0.2, 0.25) is 5.91 Å². The predicted molar refractivity (Wildman–Crippen MR) is 136 cm³/mol. The number of ketones is 1. The number of Topliss-reactive ketones (excluding diaryl/α,β-unsaturated/α-hetero) is 1. The van der Waals surface area contributed by atoms with Gasteiger partial charge in [0.05, 0.1) is 24.0 Å². The fourth-order valence-corrected chi connectivity index (χ4v) is 5.21. The van der Waals surface area contributed by atoms with Gasteiger partial charge in [-0.05, 0) is 42.5 Å². The average Bonchev–Trinajstić information content (AvgIpc) is 3.59. The van der Waals surface area contributed by atoms with Crippen molar-refractivity contribution >= 4 is 39.0 Å². The minimum absolute atomic E-state index is 0.210. The third-order valence-electron chi connectivity index (χ3n) is 5.78. The highest BCUT2D eigenvalue weighted by Gasteiger charge is 2.40. The first-order valence-corrected chi connectivity index (χ1v) is 13.8. The molecule has 190 valence electrons. The Kier molecular flexibility index (Phi) is 8.14. The van der Waals surface area contributed by atoms with Crippen LogP contribution in [-0.4, -0.2) is 42.4 Å². The molecule has 0 bridgehead atoms. The molecule has 9 nitrogen and oxygen atoms in total. The molecule has 1 aliphatic rings. The lowest BCUT2D eigenvalue weighted by Gasteiger charge is -2.21. The first-order chi connectivity index (χ1) is 17.2. The monoisotopic (exact) mass is 529 g/mol. The Hall–Kier alpha value is -3.12. The van der Waals surface area contributed by atoms with Gasteiger partial charge in [0.1, 0.15) is 17.0 Å². The van der Waals surface area contributed by atoms with Crippen LogP contribution < -0.4 is 10.0 Å². The van der Waals surface area contributed by atoms with Gasteiger partial charge in [-0.3, -0.25) is 18.9 Å². The molecule has 1 unspecified atom stereocenters. The third kappa shape index (κ3) is 7.20. The molecule has 36 heavy (non-hydrogen) atoms. The molecule has 1 aliphatic heterocycles. The van der Waals surface area contributed by atoms with E-state index in [1.807, 2.05) is 47.4 Å². The molecule has 1 fully saturated rings. The number of hydrogen-bond donors (Lipinski definition) is 3. The lowest BCUT2D eigenvalue weighted by Crippen LogP contribution is -2.41. The quantitative estimate of drug-likeness (QED) is 0.186. The van der Waals surface area contributed by atoms with Crippen molar-refractivity contribution in [2.75, 3.05) is 11.3 Å². The third-order valence-corrected chi connectivity index (χ3v) is 7.28. The average molecular weight is 530 g/mol. The van der Waals surface area contributed by atoms with Crippen LogP contribution in [0.5, 0.6) is 0 Å². The number of aromatic nitrogens is 1. The largest absolute Gasteiger partial charge is 0.365 e. The van der Waals surface area contributed by atoms with Crippen LogP contribution in [0.2, 0.25) is 0 Å². The lowest BCUT2D eigenvalue weighted by atomic mass is 9.92. The second-order valence-corrected chi connectivity index (χ2v) is 10.6. The first-order valence-electron chi connectivity index (χ1n) is 11.5. The van der Waals surface area contributed by atoms with Crippen molar-refractivity contribution in [3.8, 4) is 0 Å². The number of carbonyl (C=O) groups excluding carboxylic acids is 2. The summed E-state index contributed by atoms with van der Waals surface area (Å²) in [5.74, 6) is -1.51. The minimum Gasteiger partial charge on any atom is -0.365 e. The highest BCUT2D eigenvalue weighted by Crippen LogP contribution is 2.26. The van der Waals surface area contributed by atoms with Gasteiger partial charge in [0.25, 0.3) is 0 Å². The summed E-state index contributed by atoms with van der Waals surface area (Å²) in [6.45, 7) is 2.33. The fraction of sp³-hybridized carbons (Fsp3) is 0.320. The van der Waals surface area contributed by atoms with Gasteiger partial charge in [-0.1, -0.05) is 49.4 Å². The van der Waals surface area contributed by atoms with Gasteiger partial charge in [-0.15, -0.1) is 11.3 Å². The predicted octanol–water partition coefficient (Wildman–Crippen LogP) is 3.15. The zero-order valence-electron chi connectivity index (χ0n) is 19.6. The Morgan fingerprint density at radius 3 is 2.36 bits per heavy atom. The van der Waals surface area contributed by atoms with E-state index >= 15 is 0 Å². The number of ether oxygens (including phenoxy) is 1. The van der Waals surface area contributed by atoms with Gasteiger partial charge < -0.3 is 10.1 Å². The van der Waals surface area contributed by atoms with Gasteiger partial charge >= 0.3 is 10.3 Å². The number of benzene rings is 2. The molecule has 3 aromatic rings. The smallest absolute Gasteiger partial charge is 0.357 e. The molecule has 2 aromatic carbocycles. The van der Waals surface area contributed by atoms with Crippen LogP contribution in [0.25, 0.3) is 0 Å². The second-order valence-electron chi connectivity index (χ2n) is 8.54. The minimum atomic E-state index is -4.38. The topological polar surface area (TPSA) is 138 Å². The molecular weight excluding hydrogens is 502 g/mol. The van der Waals surface area contributed by atoms with E-state index in [0.717, 1.165) is 23.2 Å². The normalized spacial score (nSPS) is 16.7. The molecule has 3 N–H and O–H groups in total. The van der Waals surface area contributed by atoms with E-state index in [1.54, 1.807) is 12.1 Å². The van der Waals surface area contributed by atoms with Crippen molar-refractivity contribution < 1.29 is 27.3 Å². The molecular formula is C25H27N3O6S2. The van der Waals surface area contributed by atoms with E-state index in [0.29, 0.717) is 18.0 Å². The van der Waals surface area contributed by atoms with Crippen molar-refractivity contribution in [2.45, 2.75) is 38.3 Å². The summed E-state index contributed by atoms with van der Waals surface area (Å²) in [5, 5.41) is 5.70. The van der Waals surface area contributed by atoms with Crippen molar-refractivity contribution in [1.29, 1.82) is 0 Å². The molecule has 0 saturated carbocycles. The van der Waals surface area contributed by atoms with Crippen LogP contribution in [0.15, 0.2) is 60.0 Å². The first kappa shape index (κ1) is 26.0. The second kappa shape index (κ2) is 11.3. The summed E-state index contributed by atoms with van der Waals surface area (Å²) in [4.78, 5) is 31.1. The molecule has 11 heteroatoms. The molecule has 1 amide bonds. The number of nitrogens with one attached hydrogen (secondary N) is 2. The highest BCUT2D eigenvalue weighted by atomic mass is 32.2. The summed E-state index contributed by atoms with van der Waals surface area (Å²) in [6.07, 6.45) is 0.853. The van der Waals surface area contributed by atoms with E-state index in [2.05, 4.69) is 10.3 Å². The Morgan fingerprint density at radius 2 is 1.78 bits per heavy atom. The van der Waals surface area contributed by atoms with E-state index in [9.17, 15) is 18.0 Å². The summed E-state index contributed by atoms with van der Waals surface area (Å²) in [6, 6.07) is 15.3. The SMILES string of the molecule is CCc1csc([C@H](Cc2ccc(NS(=O)(=O)O)cc2)NC(=O)[C@H](Cc2ccccc2)C(=O)C2CO2)n1. The van der Waals surface area contributed by atoms with Gasteiger partial charge in [-0.2, -0.15) is 8.42 Å². The van der Waals surface area contributed by atoms with Gasteiger partial charge in [0.15, 0.2) is 5.78 Å². The van der Waals surface area contributed by atoms with Gasteiger partial charge in [-0.25, -0.2) is 4.98 Å². The number of nitrogens with zero attached hydrogens (tertiary/aromatic N) is 1. The van der Waals surface area contributed by atoms with E-state index in [4.69, 9.17) is 9.29 Å². The molecule has 3 atom stereocenters. The van der Waals surface area contributed by atoms with Crippen molar-refractivity contribution in [3.05, 3.63) is 81.8 Å². The van der Waals surface area contributed by atoms with Crippen LogP contribution in [0.1, 0.15) is 34.8 Å². The standard InChI is InChI=1S/C25H27N3O6S2/c1-2-18-15-35-25(26-18)21(13-17-8-10-19(11-9-17)28-36(31,32)33)27-24(30)20(23(29)22-14-34-22)12-16-6-4-3-5-7-16/h3-11,15,20-22,28H,2,12-14H2,1H3,(H,27,30)(H,31,32,33)/t20-,21+,22?/m1/s1.